The fraction of sp³-hybridized carbons (Fsp3) is 0.853. The quantitative estimate of drug-likeness (QED) is 0.0835. The first-order valence-electron chi connectivity index (χ1n) is 16.7. The predicted molar refractivity (Wildman–Crippen MR) is 159 cm³/mol. The maximum Gasteiger partial charge on any atom is 0.168 e. The second-order valence-electron chi connectivity index (χ2n) is 11.6. The van der Waals surface area contributed by atoms with Crippen LogP contribution in [0, 0.1) is 0 Å². The topological polar surface area (TPSA) is 31.6 Å². The number of unbranched alkanes of at least 4 members (excludes halogenated alkanes) is 19. The summed E-state index contributed by atoms with van der Waals surface area (Å²) in [5.41, 5.74) is 0. The SMILES string of the molecule is CCCCCCCCCCCCCCCCC[C@H]1OC[C@H](COCCCCCCCC[n+]2ccccc2)O1. The normalized spacial score (nSPS) is 17.4. The average molecular weight is 533 g/mol. The lowest BCUT2D eigenvalue weighted by Crippen LogP contribution is -2.32. The van der Waals surface area contributed by atoms with Crippen LogP contribution < -0.4 is 4.57 Å². The van der Waals surface area contributed by atoms with E-state index in [9.17, 15) is 0 Å². The minimum Gasteiger partial charge on any atom is -0.379 e. The van der Waals surface area contributed by atoms with Crippen molar-refractivity contribution in [1.29, 1.82) is 0 Å². The van der Waals surface area contributed by atoms with Crippen molar-refractivity contribution in [2.45, 2.75) is 167 Å². The monoisotopic (exact) mass is 532 g/mol. The number of rotatable bonds is 27. The molecule has 1 aliphatic rings. The zero-order chi connectivity index (χ0) is 26.8. The third-order valence-electron chi connectivity index (χ3n) is 7.89. The first-order chi connectivity index (χ1) is 18.9. The molecule has 1 aromatic heterocycles. The summed E-state index contributed by atoms with van der Waals surface area (Å²) in [6, 6.07) is 6.28. The summed E-state index contributed by atoms with van der Waals surface area (Å²) in [7, 11) is 0. The molecule has 0 radical (unpaired) electrons. The van der Waals surface area contributed by atoms with E-state index < -0.39 is 0 Å². The molecule has 0 amide bonds. The number of ether oxygens (including phenoxy) is 3. The molecule has 38 heavy (non-hydrogen) atoms. The molecule has 0 saturated carbocycles. The van der Waals surface area contributed by atoms with Crippen molar-refractivity contribution in [3.63, 3.8) is 0 Å². The Balaban J connectivity index is 1.25. The molecule has 2 atom stereocenters. The van der Waals surface area contributed by atoms with Crippen molar-refractivity contribution in [2.75, 3.05) is 19.8 Å². The standard InChI is InChI=1S/C34H62NO3/c1-2-3-4-5-6-7-8-9-10-11-12-13-14-17-21-26-34-37-32-33(38-34)31-36-30-25-19-16-15-18-22-27-35-28-23-20-24-29-35/h20,23-24,28-29,33-34H,2-19,21-22,25-27,30-32H2,1H3/q+1/t33-,34-/m0/s1. The zero-order valence-electron chi connectivity index (χ0n) is 25.1. The van der Waals surface area contributed by atoms with E-state index in [2.05, 4.69) is 42.1 Å². The van der Waals surface area contributed by atoms with Gasteiger partial charge in [0.25, 0.3) is 0 Å². The first-order valence-corrected chi connectivity index (χ1v) is 16.7. The van der Waals surface area contributed by atoms with Crippen molar-refractivity contribution in [1.82, 2.24) is 0 Å². The van der Waals surface area contributed by atoms with Gasteiger partial charge in [-0.15, -0.1) is 0 Å². The van der Waals surface area contributed by atoms with Crippen LogP contribution >= 0.6 is 0 Å². The summed E-state index contributed by atoms with van der Waals surface area (Å²) < 4.78 is 20.0. The Morgan fingerprint density at radius 1 is 0.632 bits per heavy atom. The van der Waals surface area contributed by atoms with Crippen LogP contribution in [-0.4, -0.2) is 32.2 Å². The lowest BCUT2D eigenvalue weighted by Gasteiger charge is -2.12. The van der Waals surface area contributed by atoms with Gasteiger partial charge in [0.05, 0.1) is 13.2 Å². The molecule has 1 aromatic rings. The van der Waals surface area contributed by atoms with Crippen LogP contribution in [0.25, 0.3) is 0 Å². The summed E-state index contributed by atoms with van der Waals surface area (Å²) in [6.07, 6.45) is 34.2. The van der Waals surface area contributed by atoms with Gasteiger partial charge >= 0.3 is 0 Å². The van der Waals surface area contributed by atoms with Gasteiger partial charge in [0.15, 0.2) is 18.7 Å². The largest absolute Gasteiger partial charge is 0.379 e. The van der Waals surface area contributed by atoms with Gasteiger partial charge in [0.1, 0.15) is 12.6 Å². The molecule has 4 nitrogen and oxygen atoms in total. The number of hydrogen-bond acceptors (Lipinski definition) is 3. The van der Waals surface area contributed by atoms with Gasteiger partial charge in [-0.3, -0.25) is 0 Å². The number of aryl methyl sites for hydroxylation is 1. The molecule has 1 fully saturated rings. The summed E-state index contributed by atoms with van der Waals surface area (Å²) in [5.74, 6) is 0. The Labute approximate surface area is 236 Å². The third-order valence-corrected chi connectivity index (χ3v) is 7.89. The Bertz CT molecular complexity index is 611. The molecule has 220 valence electrons. The van der Waals surface area contributed by atoms with E-state index in [0.717, 1.165) is 26.0 Å². The average Bonchev–Trinajstić information content (AvgIpc) is 3.40. The molecule has 0 N–H and O–H groups in total. The van der Waals surface area contributed by atoms with Crippen molar-refractivity contribution in [3.8, 4) is 0 Å². The molecule has 1 aliphatic heterocycles. The molecule has 0 unspecified atom stereocenters. The number of nitrogens with zero attached hydrogens (tertiary/aromatic N) is 1. The van der Waals surface area contributed by atoms with Crippen LogP contribution in [0.2, 0.25) is 0 Å². The molecular weight excluding hydrogens is 470 g/mol. The smallest absolute Gasteiger partial charge is 0.168 e. The fourth-order valence-electron chi connectivity index (χ4n) is 5.43. The van der Waals surface area contributed by atoms with Crippen LogP contribution in [0.4, 0.5) is 0 Å². The summed E-state index contributed by atoms with van der Waals surface area (Å²) >= 11 is 0. The van der Waals surface area contributed by atoms with Gasteiger partial charge in [-0.1, -0.05) is 122 Å². The fourth-order valence-corrected chi connectivity index (χ4v) is 5.43. The van der Waals surface area contributed by atoms with Crippen molar-refractivity contribution < 1.29 is 18.8 Å². The van der Waals surface area contributed by atoms with E-state index in [-0.39, 0.29) is 12.4 Å². The number of hydrogen-bond donors (Lipinski definition) is 0. The molecule has 0 bridgehead atoms. The third kappa shape index (κ3) is 19.1. The van der Waals surface area contributed by atoms with Crippen molar-refractivity contribution in [2.24, 2.45) is 0 Å². The molecule has 1 saturated heterocycles. The van der Waals surface area contributed by atoms with Crippen LogP contribution in [0.3, 0.4) is 0 Å². The lowest BCUT2D eigenvalue weighted by atomic mass is 10.0. The van der Waals surface area contributed by atoms with E-state index >= 15 is 0 Å². The Morgan fingerprint density at radius 3 is 1.76 bits per heavy atom. The highest BCUT2D eigenvalue weighted by atomic mass is 16.7. The van der Waals surface area contributed by atoms with Crippen LogP contribution in [0.1, 0.15) is 148 Å². The maximum atomic E-state index is 6.04. The van der Waals surface area contributed by atoms with Crippen LogP contribution in [0.5, 0.6) is 0 Å². The van der Waals surface area contributed by atoms with Crippen LogP contribution in [-0.2, 0) is 20.8 Å². The Hall–Kier alpha value is -0.970. The highest BCUT2D eigenvalue weighted by Gasteiger charge is 2.25. The summed E-state index contributed by atoms with van der Waals surface area (Å²) in [6.45, 7) is 5.66. The Kier molecular flexibility index (Phi) is 21.9. The maximum absolute atomic E-state index is 6.04. The molecular formula is C34H62NO3+. The van der Waals surface area contributed by atoms with Gasteiger partial charge in [0.2, 0.25) is 0 Å². The second-order valence-corrected chi connectivity index (χ2v) is 11.6. The van der Waals surface area contributed by atoms with E-state index in [1.807, 2.05) is 0 Å². The molecule has 2 heterocycles. The molecule has 0 aromatic carbocycles. The summed E-state index contributed by atoms with van der Waals surface area (Å²) in [5, 5.41) is 0. The van der Waals surface area contributed by atoms with E-state index in [1.54, 1.807) is 0 Å². The van der Waals surface area contributed by atoms with Gasteiger partial charge in [-0.2, -0.15) is 0 Å². The Morgan fingerprint density at radius 2 is 1.16 bits per heavy atom. The highest BCUT2D eigenvalue weighted by Crippen LogP contribution is 2.19. The van der Waals surface area contributed by atoms with Crippen molar-refractivity contribution >= 4 is 0 Å². The molecule has 2 rings (SSSR count). The van der Waals surface area contributed by atoms with Gasteiger partial charge in [0, 0.05) is 25.2 Å². The second kappa shape index (κ2) is 25.0. The summed E-state index contributed by atoms with van der Waals surface area (Å²) in [4.78, 5) is 0. The van der Waals surface area contributed by atoms with Gasteiger partial charge in [-0.25, -0.2) is 4.57 Å². The van der Waals surface area contributed by atoms with E-state index in [0.29, 0.717) is 13.2 Å². The predicted octanol–water partition coefficient (Wildman–Crippen LogP) is 9.33. The van der Waals surface area contributed by atoms with E-state index in [4.69, 9.17) is 14.2 Å². The first kappa shape index (κ1) is 33.2. The molecule has 0 aliphatic carbocycles. The lowest BCUT2D eigenvalue weighted by molar-refractivity contribution is -0.697. The number of aromatic nitrogens is 1. The molecule has 0 spiro atoms. The zero-order valence-corrected chi connectivity index (χ0v) is 25.1. The van der Waals surface area contributed by atoms with E-state index in [1.165, 1.54) is 128 Å². The number of pyridine rings is 1. The van der Waals surface area contributed by atoms with Crippen molar-refractivity contribution in [3.05, 3.63) is 30.6 Å². The van der Waals surface area contributed by atoms with Gasteiger partial charge < -0.3 is 14.2 Å². The molecule has 4 heteroatoms. The minimum absolute atomic E-state index is 0.000350. The van der Waals surface area contributed by atoms with Crippen LogP contribution in [0.15, 0.2) is 30.6 Å². The minimum atomic E-state index is -0.000350. The highest BCUT2D eigenvalue weighted by molar-refractivity contribution is 4.83. The van der Waals surface area contributed by atoms with Gasteiger partial charge in [-0.05, 0) is 25.7 Å².